The van der Waals surface area contributed by atoms with Crippen molar-refractivity contribution in [3.63, 3.8) is 0 Å². The highest BCUT2D eigenvalue weighted by Crippen LogP contribution is 2.25. The van der Waals surface area contributed by atoms with Crippen molar-refractivity contribution in [1.82, 2.24) is 9.55 Å². The number of hydrogen-bond donors (Lipinski definition) is 0. The lowest BCUT2D eigenvalue weighted by Crippen LogP contribution is -2.25. The molecule has 0 amide bonds. The number of carbonyl (C=O) groups is 1. The van der Waals surface area contributed by atoms with Gasteiger partial charge in [0.15, 0.2) is 5.16 Å². The fraction of sp³-hybridized carbons (Fsp3) is 0.235. The molecule has 0 spiro atoms. The Bertz CT molecular complexity index is 918. The molecule has 0 aliphatic rings. The van der Waals surface area contributed by atoms with Crippen molar-refractivity contribution in [3.05, 3.63) is 57.7 Å². The monoisotopic (exact) mass is 360 g/mol. The lowest BCUT2D eigenvalue weighted by Gasteiger charge is -2.14. The second-order valence-corrected chi connectivity index (χ2v) is 7.41. The Kier molecular flexibility index (Phi) is 5.01. The molecule has 0 fully saturated rings. The average molecular weight is 360 g/mol. The van der Waals surface area contributed by atoms with E-state index in [4.69, 9.17) is 4.74 Å². The summed E-state index contributed by atoms with van der Waals surface area (Å²) >= 11 is 2.62. The topological polar surface area (TPSA) is 61.2 Å². The van der Waals surface area contributed by atoms with Gasteiger partial charge in [0.05, 0.1) is 19.2 Å². The van der Waals surface area contributed by atoms with Crippen molar-refractivity contribution in [2.45, 2.75) is 23.9 Å². The van der Waals surface area contributed by atoms with Crippen LogP contribution in [-0.2, 0) is 16.1 Å². The summed E-state index contributed by atoms with van der Waals surface area (Å²) in [6.07, 6.45) is 0. The molecule has 2 aromatic heterocycles. The van der Waals surface area contributed by atoms with Crippen LogP contribution in [0.5, 0.6) is 0 Å². The number of hydrogen-bond acceptors (Lipinski definition) is 6. The molecule has 0 bridgehead atoms. The number of fused-ring (bicyclic) bond motifs is 1. The molecule has 0 radical (unpaired) electrons. The molecule has 0 aliphatic carbocycles. The van der Waals surface area contributed by atoms with Crippen molar-refractivity contribution < 1.29 is 9.53 Å². The minimum absolute atomic E-state index is 0.0848. The normalized spacial score (nSPS) is 12.2. The molecule has 0 unspecified atom stereocenters. The van der Waals surface area contributed by atoms with Crippen LogP contribution in [-0.4, -0.2) is 27.9 Å². The number of benzene rings is 1. The van der Waals surface area contributed by atoms with Gasteiger partial charge in [-0.2, -0.15) is 0 Å². The van der Waals surface area contributed by atoms with Gasteiger partial charge in [0.1, 0.15) is 9.95 Å². The van der Waals surface area contributed by atoms with Gasteiger partial charge in [-0.05, 0) is 23.9 Å². The SMILES string of the molecule is COC(=O)[C@H](C)Sc1nc2ccsc2c(=O)n1Cc1ccccc1. The number of methoxy groups -OCH3 is 1. The van der Waals surface area contributed by atoms with Gasteiger partial charge in [0.2, 0.25) is 0 Å². The van der Waals surface area contributed by atoms with E-state index in [0.717, 1.165) is 5.56 Å². The molecule has 7 heteroatoms. The summed E-state index contributed by atoms with van der Waals surface area (Å²) in [5.41, 5.74) is 1.58. The number of esters is 1. The number of aromatic nitrogens is 2. The van der Waals surface area contributed by atoms with Gasteiger partial charge in [-0.1, -0.05) is 42.1 Å². The lowest BCUT2D eigenvalue weighted by atomic mass is 10.2. The first-order valence-corrected chi connectivity index (χ1v) is 9.12. The molecule has 1 aromatic carbocycles. The van der Waals surface area contributed by atoms with E-state index < -0.39 is 5.25 Å². The van der Waals surface area contributed by atoms with Crippen molar-refractivity contribution in [3.8, 4) is 0 Å². The molecule has 0 saturated heterocycles. The minimum atomic E-state index is -0.444. The number of nitrogens with zero attached hydrogens (tertiary/aromatic N) is 2. The largest absolute Gasteiger partial charge is 0.468 e. The molecule has 124 valence electrons. The number of carbonyl (C=O) groups excluding carboxylic acids is 1. The average Bonchev–Trinajstić information content (AvgIpc) is 3.07. The molecule has 2 heterocycles. The predicted molar refractivity (Wildman–Crippen MR) is 96.8 cm³/mol. The maximum absolute atomic E-state index is 12.8. The maximum atomic E-state index is 12.8. The Hall–Kier alpha value is -2.12. The van der Waals surface area contributed by atoms with Crippen LogP contribution in [0.3, 0.4) is 0 Å². The number of thioether (sulfide) groups is 1. The van der Waals surface area contributed by atoms with Crippen LogP contribution in [0.1, 0.15) is 12.5 Å². The molecule has 24 heavy (non-hydrogen) atoms. The first kappa shape index (κ1) is 16.7. The molecule has 5 nitrogen and oxygen atoms in total. The molecule has 0 saturated carbocycles. The lowest BCUT2D eigenvalue weighted by molar-refractivity contribution is -0.139. The molecule has 3 aromatic rings. The van der Waals surface area contributed by atoms with Gasteiger partial charge in [-0.3, -0.25) is 14.2 Å². The highest BCUT2D eigenvalue weighted by atomic mass is 32.2. The van der Waals surface area contributed by atoms with Gasteiger partial charge >= 0.3 is 5.97 Å². The van der Waals surface area contributed by atoms with Gasteiger partial charge in [-0.25, -0.2) is 4.98 Å². The quantitative estimate of drug-likeness (QED) is 0.397. The zero-order valence-corrected chi connectivity index (χ0v) is 14.9. The van der Waals surface area contributed by atoms with Gasteiger partial charge < -0.3 is 4.74 Å². The van der Waals surface area contributed by atoms with E-state index in [9.17, 15) is 9.59 Å². The fourth-order valence-electron chi connectivity index (χ4n) is 2.29. The summed E-state index contributed by atoms with van der Waals surface area (Å²) in [5, 5.41) is 1.93. The zero-order valence-electron chi connectivity index (χ0n) is 13.3. The summed E-state index contributed by atoms with van der Waals surface area (Å²) in [4.78, 5) is 29.1. The van der Waals surface area contributed by atoms with Crippen molar-refractivity contribution >= 4 is 39.3 Å². The molecular weight excluding hydrogens is 344 g/mol. The van der Waals surface area contributed by atoms with Gasteiger partial charge in [0, 0.05) is 0 Å². The van der Waals surface area contributed by atoms with Crippen LogP contribution >= 0.6 is 23.1 Å². The highest BCUT2D eigenvalue weighted by Gasteiger charge is 2.20. The fourth-order valence-corrected chi connectivity index (χ4v) is 4.00. The third-order valence-corrected chi connectivity index (χ3v) is 5.49. The van der Waals surface area contributed by atoms with E-state index in [2.05, 4.69) is 4.98 Å². The minimum Gasteiger partial charge on any atom is -0.468 e. The summed E-state index contributed by atoms with van der Waals surface area (Å²) in [6.45, 7) is 2.16. The Balaban J connectivity index is 2.06. The van der Waals surface area contributed by atoms with Crippen LogP contribution in [0.15, 0.2) is 51.7 Å². The standard InChI is InChI=1S/C17H16N2O3S2/c1-11(16(21)22-2)24-17-18-13-8-9-23-14(13)15(20)19(17)10-12-6-4-3-5-7-12/h3-9,11H,10H2,1-2H3/t11-/m0/s1. The zero-order chi connectivity index (χ0) is 17.1. The van der Waals surface area contributed by atoms with Crippen LogP contribution in [0.4, 0.5) is 0 Å². The molecule has 0 N–H and O–H groups in total. The first-order chi connectivity index (χ1) is 11.6. The first-order valence-electron chi connectivity index (χ1n) is 7.36. The van der Waals surface area contributed by atoms with Gasteiger partial charge in [0.25, 0.3) is 5.56 Å². The summed E-state index contributed by atoms with van der Waals surface area (Å²) in [6, 6.07) is 11.5. The van der Waals surface area contributed by atoms with Crippen molar-refractivity contribution in [2.24, 2.45) is 0 Å². The Morgan fingerprint density at radius 1 is 1.33 bits per heavy atom. The number of ether oxygens (including phenoxy) is 1. The Morgan fingerprint density at radius 3 is 2.79 bits per heavy atom. The predicted octanol–water partition coefficient (Wildman–Crippen LogP) is 3.16. The van der Waals surface area contributed by atoms with E-state index in [1.165, 1.54) is 30.2 Å². The third-order valence-electron chi connectivity index (χ3n) is 3.53. The van der Waals surface area contributed by atoms with Crippen molar-refractivity contribution in [1.29, 1.82) is 0 Å². The van der Waals surface area contributed by atoms with E-state index >= 15 is 0 Å². The molecular formula is C17H16N2O3S2. The van der Waals surface area contributed by atoms with E-state index in [1.807, 2.05) is 41.8 Å². The smallest absolute Gasteiger partial charge is 0.318 e. The Morgan fingerprint density at radius 2 is 2.08 bits per heavy atom. The van der Waals surface area contributed by atoms with E-state index in [-0.39, 0.29) is 11.5 Å². The third kappa shape index (κ3) is 3.37. The maximum Gasteiger partial charge on any atom is 0.318 e. The summed E-state index contributed by atoms with van der Waals surface area (Å²) < 4.78 is 7.02. The second kappa shape index (κ2) is 7.19. The second-order valence-electron chi connectivity index (χ2n) is 5.19. The molecule has 0 aliphatic heterocycles. The van der Waals surface area contributed by atoms with E-state index in [0.29, 0.717) is 21.9 Å². The van der Waals surface area contributed by atoms with Crippen molar-refractivity contribution in [2.75, 3.05) is 7.11 Å². The number of thiophene rings is 1. The van der Waals surface area contributed by atoms with E-state index in [1.54, 1.807) is 11.5 Å². The highest BCUT2D eigenvalue weighted by molar-refractivity contribution is 8.00. The van der Waals surface area contributed by atoms with Crippen LogP contribution in [0, 0.1) is 0 Å². The van der Waals surface area contributed by atoms with Crippen LogP contribution < -0.4 is 5.56 Å². The number of rotatable bonds is 5. The molecule has 3 rings (SSSR count). The molecule has 1 atom stereocenters. The summed E-state index contributed by atoms with van der Waals surface area (Å²) in [5.74, 6) is -0.342. The summed E-state index contributed by atoms with van der Waals surface area (Å²) in [7, 11) is 1.35. The van der Waals surface area contributed by atoms with Gasteiger partial charge in [-0.15, -0.1) is 11.3 Å². The van der Waals surface area contributed by atoms with Crippen LogP contribution in [0.25, 0.3) is 10.2 Å². The Labute approximate surface area is 147 Å². The van der Waals surface area contributed by atoms with Crippen LogP contribution in [0.2, 0.25) is 0 Å².